The summed E-state index contributed by atoms with van der Waals surface area (Å²) in [5.74, 6) is 0. The monoisotopic (exact) mass is 342 g/mol. The third-order valence-electron chi connectivity index (χ3n) is 4.92. The summed E-state index contributed by atoms with van der Waals surface area (Å²) in [6, 6.07) is 28.8. The quantitative estimate of drug-likeness (QED) is 0.403. The van der Waals surface area contributed by atoms with E-state index in [9.17, 15) is 0 Å². The van der Waals surface area contributed by atoms with Gasteiger partial charge in [-0.25, -0.2) is 0 Å². The second kappa shape index (κ2) is 7.24. The molecule has 0 amide bonds. The molecule has 0 saturated carbocycles. The molecule has 126 valence electrons. The Labute approximate surface area is 152 Å². The van der Waals surface area contributed by atoms with Crippen molar-refractivity contribution in [2.75, 3.05) is 0 Å². The lowest BCUT2D eigenvalue weighted by Gasteiger charge is -2.27. The maximum atomic E-state index is 2.45. The van der Waals surface area contributed by atoms with Crippen LogP contribution in [-0.4, -0.2) is 8.07 Å². The topological polar surface area (TPSA) is 0 Å². The first-order valence-corrected chi connectivity index (χ1v) is 11.9. The van der Waals surface area contributed by atoms with Gasteiger partial charge in [-0.2, -0.15) is 0 Å². The first-order chi connectivity index (χ1) is 12.0. The zero-order valence-corrected chi connectivity index (χ0v) is 16.6. The molecule has 0 aliphatic carbocycles. The standard InChI is InChI=1S/C24H26Si/c1-19-10-14-21(15-11-19)18-24(22-16-12-20(2)13-17-22)25(3,4)23-8-6-5-7-9-23/h5-18H,1-4H3/b24-18+. The van der Waals surface area contributed by atoms with Gasteiger partial charge in [0, 0.05) is 0 Å². The van der Waals surface area contributed by atoms with E-state index in [4.69, 9.17) is 0 Å². The third kappa shape index (κ3) is 4.00. The molecule has 0 unspecified atom stereocenters. The Kier molecular flexibility index (Phi) is 5.05. The fraction of sp³-hybridized carbons (Fsp3) is 0.167. The van der Waals surface area contributed by atoms with Gasteiger partial charge in [-0.3, -0.25) is 0 Å². The minimum absolute atomic E-state index is 1.28. The average Bonchev–Trinajstić information content (AvgIpc) is 2.63. The molecule has 0 saturated heterocycles. The predicted molar refractivity (Wildman–Crippen MR) is 114 cm³/mol. The summed E-state index contributed by atoms with van der Waals surface area (Å²) in [5, 5.41) is 2.94. The molecule has 0 N–H and O–H groups in total. The van der Waals surface area contributed by atoms with Gasteiger partial charge in [0.1, 0.15) is 8.07 Å². The summed E-state index contributed by atoms with van der Waals surface area (Å²) < 4.78 is 0. The average molecular weight is 343 g/mol. The Balaban J connectivity index is 2.15. The summed E-state index contributed by atoms with van der Waals surface area (Å²) in [7, 11) is -1.80. The van der Waals surface area contributed by atoms with Crippen LogP contribution in [0.5, 0.6) is 0 Å². The highest BCUT2D eigenvalue weighted by Crippen LogP contribution is 2.29. The van der Waals surface area contributed by atoms with Gasteiger partial charge in [0.05, 0.1) is 0 Å². The van der Waals surface area contributed by atoms with Crippen LogP contribution in [0.2, 0.25) is 13.1 Å². The van der Waals surface area contributed by atoms with E-state index in [0.717, 1.165) is 0 Å². The van der Waals surface area contributed by atoms with Crippen molar-refractivity contribution in [2.45, 2.75) is 26.9 Å². The van der Waals surface area contributed by atoms with Gasteiger partial charge < -0.3 is 0 Å². The molecule has 0 atom stereocenters. The number of aryl methyl sites for hydroxylation is 2. The fourth-order valence-corrected chi connectivity index (χ4v) is 5.95. The van der Waals surface area contributed by atoms with E-state index >= 15 is 0 Å². The van der Waals surface area contributed by atoms with E-state index in [1.807, 2.05) is 0 Å². The molecule has 0 heterocycles. The van der Waals surface area contributed by atoms with E-state index in [-0.39, 0.29) is 0 Å². The van der Waals surface area contributed by atoms with Crippen LogP contribution >= 0.6 is 0 Å². The van der Waals surface area contributed by atoms with E-state index in [2.05, 4.69) is 112 Å². The lowest BCUT2D eigenvalue weighted by atomic mass is 10.1. The summed E-state index contributed by atoms with van der Waals surface area (Å²) >= 11 is 0. The molecule has 0 aliphatic heterocycles. The Morgan fingerprint density at radius 2 is 1.20 bits per heavy atom. The first kappa shape index (κ1) is 17.4. The molecule has 0 spiro atoms. The van der Waals surface area contributed by atoms with Crippen LogP contribution in [0.15, 0.2) is 78.9 Å². The summed E-state index contributed by atoms with van der Waals surface area (Å²) in [6.07, 6.45) is 2.39. The predicted octanol–water partition coefficient (Wildman–Crippen LogP) is 6.00. The van der Waals surface area contributed by atoms with E-state index in [1.54, 1.807) is 0 Å². The summed E-state index contributed by atoms with van der Waals surface area (Å²) in [4.78, 5) is 0. The van der Waals surface area contributed by atoms with Crippen molar-refractivity contribution in [1.29, 1.82) is 0 Å². The second-order valence-corrected chi connectivity index (χ2v) is 11.7. The van der Waals surface area contributed by atoms with Crippen LogP contribution in [-0.2, 0) is 0 Å². The minimum atomic E-state index is -1.80. The van der Waals surface area contributed by atoms with Crippen molar-refractivity contribution >= 4 is 24.5 Å². The number of hydrogen-bond acceptors (Lipinski definition) is 0. The van der Waals surface area contributed by atoms with E-state index < -0.39 is 8.07 Å². The van der Waals surface area contributed by atoms with Crippen molar-refractivity contribution < 1.29 is 0 Å². The second-order valence-electron chi connectivity index (χ2n) is 7.33. The highest BCUT2D eigenvalue weighted by atomic mass is 28.3. The molecule has 25 heavy (non-hydrogen) atoms. The Bertz CT molecular complexity index is 854. The van der Waals surface area contributed by atoms with Crippen LogP contribution in [0.4, 0.5) is 0 Å². The lowest BCUT2D eigenvalue weighted by Crippen LogP contribution is -2.42. The van der Waals surface area contributed by atoms with E-state index in [1.165, 1.54) is 32.6 Å². The van der Waals surface area contributed by atoms with Crippen molar-refractivity contribution in [3.63, 3.8) is 0 Å². The molecule has 0 fully saturated rings. The maximum absolute atomic E-state index is 2.45. The third-order valence-corrected chi connectivity index (χ3v) is 8.48. The van der Waals surface area contributed by atoms with Gasteiger partial charge in [-0.05, 0) is 30.2 Å². The Morgan fingerprint density at radius 3 is 1.76 bits per heavy atom. The molecule has 0 aromatic heterocycles. The number of hydrogen-bond donors (Lipinski definition) is 0. The van der Waals surface area contributed by atoms with Gasteiger partial charge in [0.2, 0.25) is 0 Å². The van der Waals surface area contributed by atoms with Gasteiger partial charge in [-0.1, -0.05) is 114 Å². The first-order valence-electron chi connectivity index (χ1n) is 8.88. The molecule has 0 bridgehead atoms. The van der Waals surface area contributed by atoms with Crippen LogP contribution in [0.25, 0.3) is 11.3 Å². The number of benzene rings is 3. The van der Waals surface area contributed by atoms with Crippen LogP contribution < -0.4 is 5.19 Å². The minimum Gasteiger partial charge on any atom is -0.0626 e. The van der Waals surface area contributed by atoms with Gasteiger partial charge in [0.15, 0.2) is 0 Å². The van der Waals surface area contributed by atoms with Crippen LogP contribution in [0.1, 0.15) is 22.3 Å². The maximum Gasteiger partial charge on any atom is 0.113 e. The zero-order valence-electron chi connectivity index (χ0n) is 15.6. The highest BCUT2D eigenvalue weighted by molar-refractivity contribution is 7.05. The molecule has 0 aliphatic rings. The summed E-state index contributed by atoms with van der Waals surface area (Å²) in [5.41, 5.74) is 5.22. The highest BCUT2D eigenvalue weighted by Gasteiger charge is 2.29. The van der Waals surface area contributed by atoms with Crippen molar-refractivity contribution in [1.82, 2.24) is 0 Å². The molecular formula is C24H26Si. The van der Waals surface area contributed by atoms with Crippen LogP contribution in [0, 0.1) is 13.8 Å². The summed E-state index contributed by atoms with van der Waals surface area (Å²) in [6.45, 7) is 9.17. The molecule has 0 nitrogen and oxygen atoms in total. The smallest absolute Gasteiger partial charge is 0.0626 e. The van der Waals surface area contributed by atoms with Crippen molar-refractivity contribution in [2.24, 2.45) is 0 Å². The Hall–Kier alpha value is -2.38. The number of rotatable bonds is 4. The molecule has 3 rings (SSSR count). The van der Waals surface area contributed by atoms with Gasteiger partial charge in [0.25, 0.3) is 0 Å². The molecule has 3 aromatic rings. The Morgan fingerprint density at radius 1 is 0.680 bits per heavy atom. The molecule has 0 radical (unpaired) electrons. The van der Waals surface area contributed by atoms with E-state index in [0.29, 0.717) is 0 Å². The normalized spacial score (nSPS) is 12.2. The van der Waals surface area contributed by atoms with Crippen molar-refractivity contribution in [3.8, 4) is 0 Å². The molecular weight excluding hydrogens is 316 g/mol. The lowest BCUT2D eigenvalue weighted by molar-refractivity contribution is 1.45. The van der Waals surface area contributed by atoms with Gasteiger partial charge >= 0.3 is 0 Å². The van der Waals surface area contributed by atoms with Crippen LogP contribution in [0.3, 0.4) is 0 Å². The van der Waals surface area contributed by atoms with Gasteiger partial charge in [-0.15, -0.1) is 0 Å². The largest absolute Gasteiger partial charge is 0.113 e. The SMILES string of the molecule is Cc1ccc(/C=C(\c2ccc(C)cc2)[Si](C)(C)c2ccccc2)cc1. The molecule has 3 aromatic carbocycles. The van der Waals surface area contributed by atoms with Crippen molar-refractivity contribution in [3.05, 3.63) is 101 Å². The zero-order chi connectivity index (χ0) is 17.9. The molecule has 1 heteroatoms. The fourth-order valence-electron chi connectivity index (χ4n) is 3.20.